The number of carbonyl (C=O) groups excluding carboxylic acids is 2. The number of para-hydroxylation sites is 1. The molecule has 2 amide bonds. The molecule has 9 nitrogen and oxygen atoms in total. The summed E-state index contributed by atoms with van der Waals surface area (Å²) in [6.45, 7) is 7.29. The number of nitrogens with one attached hydrogen (secondary N) is 1. The average Bonchev–Trinajstić information content (AvgIpc) is 3.39. The zero-order valence-corrected chi connectivity index (χ0v) is 27.3. The van der Waals surface area contributed by atoms with E-state index in [9.17, 15) is 27.9 Å². The van der Waals surface area contributed by atoms with Crippen LogP contribution in [0.4, 0.5) is 13.2 Å². The highest BCUT2D eigenvalue weighted by atomic mass is 19.4. The van der Waals surface area contributed by atoms with Crippen molar-refractivity contribution in [3.05, 3.63) is 76.4 Å². The Morgan fingerprint density at radius 1 is 1.13 bits per heavy atom. The average molecular weight is 656 g/mol. The normalized spacial score (nSPS) is 19.9. The van der Waals surface area contributed by atoms with Crippen LogP contribution in [-0.4, -0.2) is 74.2 Å². The summed E-state index contributed by atoms with van der Waals surface area (Å²) in [7, 11) is 0. The molecule has 2 fully saturated rings. The number of alkyl halides is 3. The first-order valence-electron chi connectivity index (χ1n) is 16.5. The number of ether oxygens (including phenoxy) is 1. The summed E-state index contributed by atoms with van der Waals surface area (Å²) in [4.78, 5) is 34.5. The SMILES string of the molecule is CCCC1C(C(=O)N2CCC(O)(c3ccccc3OCCCc3c(C)n[nH]c3C)CC2)CCCN1C(=O)c1cnccc1C(F)(F)F. The number of aromatic nitrogens is 3. The number of hydrogen-bond donors (Lipinski definition) is 2. The maximum atomic E-state index is 14.0. The molecule has 0 radical (unpaired) electrons. The topological polar surface area (TPSA) is 112 Å². The number of rotatable bonds is 10. The lowest BCUT2D eigenvalue weighted by molar-refractivity contribution is -0.144. The van der Waals surface area contributed by atoms with E-state index in [1.54, 1.807) is 4.90 Å². The van der Waals surface area contributed by atoms with Crippen molar-refractivity contribution in [1.29, 1.82) is 0 Å². The van der Waals surface area contributed by atoms with Crippen molar-refractivity contribution in [1.82, 2.24) is 25.0 Å². The number of aromatic amines is 1. The van der Waals surface area contributed by atoms with Gasteiger partial charge in [-0.1, -0.05) is 31.5 Å². The molecule has 254 valence electrons. The number of aryl methyl sites for hydroxylation is 2. The molecule has 2 aromatic heterocycles. The van der Waals surface area contributed by atoms with Crippen LogP contribution in [0.2, 0.25) is 0 Å². The number of carbonyl (C=O) groups is 2. The maximum absolute atomic E-state index is 14.0. The van der Waals surface area contributed by atoms with E-state index in [1.807, 2.05) is 45.0 Å². The highest BCUT2D eigenvalue weighted by Gasteiger charge is 2.44. The van der Waals surface area contributed by atoms with Crippen LogP contribution in [0.25, 0.3) is 0 Å². The van der Waals surface area contributed by atoms with Gasteiger partial charge in [0.15, 0.2) is 0 Å². The van der Waals surface area contributed by atoms with Crippen molar-refractivity contribution >= 4 is 11.8 Å². The molecule has 4 heterocycles. The first-order valence-corrected chi connectivity index (χ1v) is 16.5. The summed E-state index contributed by atoms with van der Waals surface area (Å²) in [6, 6.07) is 7.75. The van der Waals surface area contributed by atoms with Crippen LogP contribution in [0.1, 0.15) is 90.3 Å². The molecular formula is C35H44F3N5O4. The van der Waals surface area contributed by atoms with Crippen LogP contribution in [0.5, 0.6) is 5.75 Å². The summed E-state index contributed by atoms with van der Waals surface area (Å²) in [6.07, 6.45) is 1.73. The lowest BCUT2D eigenvalue weighted by atomic mass is 9.81. The van der Waals surface area contributed by atoms with Crippen molar-refractivity contribution in [3.63, 3.8) is 0 Å². The summed E-state index contributed by atoms with van der Waals surface area (Å²) in [5, 5.41) is 19.1. The van der Waals surface area contributed by atoms with Crippen LogP contribution in [0, 0.1) is 19.8 Å². The molecule has 1 aromatic carbocycles. The van der Waals surface area contributed by atoms with E-state index in [4.69, 9.17) is 4.74 Å². The van der Waals surface area contributed by atoms with Gasteiger partial charge in [0.25, 0.3) is 5.91 Å². The molecule has 2 unspecified atom stereocenters. The number of H-pyrrole nitrogens is 1. The number of halogens is 3. The largest absolute Gasteiger partial charge is 0.493 e. The second kappa shape index (κ2) is 14.5. The summed E-state index contributed by atoms with van der Waals surface area (Å²) in [5.41, 5.74) is 1.21. The number of likely N-dealkylation sites (tertiary alicyclic amines) is 2. The van der Waals surface area contributed by atoms with E-state index in [2.05, 4.69) is 15.2 Å². The molecule has 2 aliphatic rings. The van der Waals surface area contributed by atoms with Crippen LogP contribution in [0.3, 0.4) is 0 Å². The van der Waals surface area contributed by atoms with Gasteiger partial charge < -0.3 is 19.6 Å². The Balaban J connectivity index is 1.24. The van der Waals surface area contributed by atoms with E-state index in [0.29, 0.717) is 69.5 Å². The molecule has 0 spiro atoms. The standard InChI is InChI=1S/C35H44F3N5O4/c1-4-9-30-26(10-7-18-43(30)33(45)27-22-39-17-14-28(27)35(36,37)38)32(44)42-19-15-34(46,16-20-42)29-12-5-6-13-31(29)47-21-8-11-25-23(2)40-41-24(25)3/h5-6,12-14,17,22,26,30,46H,4,7-11,15-16,18-21H2,1-3H3,(H,40,41). The van der Waals surface area contributed by atoms with Crippen LogP contribution in [0.15, 0.2) is 42.7 Å². The minimum atomic E-state index is -4.70. The minimum Gasteiger partial charge on any atom is -0.493 e. The van der Waals surface area contributed by atoms with Crippen LogP contribution in [-0.2, 0) is 23.0 Å². The number of amides is 2. The van der Waals surface area contributed by atoms with Gasteiger partial charge in [-0.25, -0.2) is 0 Å². The first-order chi connectivity index (χ1) is 22.4. The second-order valence-corrected chi connectivity index (χ2v) is 12.7. The van der Waals surface area contributed by atoms with E-state index in [1.165, 1.54) is 10.5 Å². The highest BCUT2D eigenvalue weighted by Crippen LogP contribution is 2.40. The third kappa shape index (κ3) is 7.47. The molecule has 2 aliphatic heterocycles. The van der Waals surface area contributed by atoms with E-state index in [0.717, 1.165) is 42.7 Å². The van der Waals surface area contributed by atoms with Gasteiger partial charge in [-0.2, -0.15) is 18.3 Å². The Bertz CT molecular complexity index is 1530. The van der Waals surface area contributed by atoms with Gasteiger partial charge in [0, 0.05) is 49.3 Å². The predicted octanol–water partition coefficient (Wildman–Crippen LogP) is 5.98. The van der Waals surface area contributed by atoms with Crippen LogP contribution >= 0.6 is 0 Å². The molecular weight excluding hydrogens is 611 g/mol. The summed E-state index contributed by atoms with van der Waals surface area (Å²) >= 11 is 0. The van der Waals surface area contributed by atoms with Crippen molar-refractivity contribution < 1.29 is 32.6 Å². The van der Waals surface area contributed by atoms with Crippen molar-refractivity contribution in [2.45, 2.75) is 90.0 Å². The fourth-order valence-electron chi connectivity index (χ4n) is 7.17. The molecule has 2 N–H and O–H groups in total. The molecule has 0 aliphatic carbocycles. The monoisotopic (exact) mass is 655 g/mol. The van der Waals surface area contributed by atoms with Crippen molar-refractivity contribution in [2.75, 3.05) is 26.2 Å². The fraction of sp³-hybridized carbons (Fsp3) is 0.543. The van der Waals surface area contributed by atoms with Gasteiger partial charge in [0.05, 0.1) is 34.9 Å². The van der Waals surface area contributed by atoms with Gasteiger partial charge in [-0.15, -0.1) is 0 Å². The third-order valence-corrected chi connectivity index (χ3v) is 9.70. The predicted molar refractivity (Wildman–Crippen MR) is 170 cm³/mol. The number of piperidine rings is 2. The molecule has 0 saturated carbocycles. The van der Waals surface area contributed by atoms with Gasteiger partial charge in [-0.05, 0) is 76.5 Å². The number of benzene rings is 1. The Labute approximate surface area is 273 Å². The Kier molecular flexibility index (Phi) is 10.6. The first kappa shape index (κ1) is 34.4. The van der Waals surface area contributed by atoms with Gasteiger partial charge >= 0.3 is 6.18 Å². The summed E-state index contributed by atoms with van der Waals surface area (Å²) in [5.74, 6) is -0.794. The molecule has 47 heavy (non-hydrogen) atoms. The fourth-order valence-corrected chi connectivity index (χ4v) is 7.17. The number of hydrogen-bond acceptors (Lipinski definition) is 6. The maximum Gasteiger partial charge on any atom is 0.417 e. The molecule has 2 atom stereocenters. The quantitative estimate of drug-likeness (QED) is 0.260. The number of nitrogens with zero attached hydrogens (tertiary/aromatic N) is 4. The van der Waals surface area contributed by atoms with E-state index in [-0.39, 0.29) is 12.5 Å². The number of pyridine rings is 1. The van der Waals surface area contributed by atoms with E-state index < -0.39 is 40.8 Å². The van der Waals surface area contributed by atoms with Crippen molar-refractivity contribution in [2.24, 2.45) is 5.92 Å². The molecule has 2 saturated heterocycles. The number of aliphatic hydroxyl groups is 1. The van der Waals surface area contributed by atoms with E-state index >= 15 is 0 Å². The Morgan fingerprint density at radius 3 is 2.55 bits per heavy atom. The Hall–Kier alpha value is -3.93. The lowest BCUT2D eigenvalue weighted by Crippen LogP contribution is -2.55. The lowest BCUT2D eigenvalue weighted by Gasteiger charge is -2.45. The second-order valence-electron chi connectivity index (χ2n) is 12.7. The van der Waals surface area contributed by atoms with Gasteiger partial charge in [0.2, 0.25) is 5.91 Å². The smallest absolute Gasteiger partial charge is 0.417 e. The molecule has 5 rings (SSSR count). The summed E-state index contributed by atoms with van der Waals surface area (Å²) < 4.78 is 47.4. The van der Waals surface area contributed by atoms with Crippen LogP contribution < -0.4 is 4.74 Å². The Morgan fingerprint density at radius 2 is 1.87 bits per heavy atom. The van der Waals surface area contributed by atoms with Gasteiger partial charge in [-0.3, -0.25) is 19.7 Å². The minimum absolute atomic E-state index is 0.125. The molecule has 0 bridgehead atoms. The zero-order chi connectivity index (χ0) is 33.8. The zero-order valence-electron chi connectivity index (χ0n) is 27.3. The molecule has 3 aromatic rings. The highest BCUT2D eigenvalue weighted by molar-refractivity contribution is 5.96. The third-order valence-electron chi connectivity index (χ3n) is 9.70. The van der Waals surface area contributed by atoms with Crippen molar-refractivity contribution in [3.8, 4) is 5.75 Å². The van der Waals surface area contributed by atoms with Gasteiger partial charge in [0.1, 0.15) is 5.75 Å². The molecule has 12 heteroatoms.